The Bertz CT molecular complexity index is 816. The van der Waals surface area contributed by atoms with Gasteiger partial charge < -0.3 is 15.4 Å². The molecule has 25 heavy (non-hydrogen) atoms. The molecule has 0 saturated heterocycles. The van der Waals surface area contributed by atoms with E-state index >= 15 is 0 Å². The lowest BCUT2D eigenvalue weighted by Gasteiger charge is -2.07. The van der Waals surface area contributed by atoms with Crippen molar-refractivity contribution in [3.63, 3.8) is 0 Å². The summed E-state index contributed by atoms with van der Waals surface area (Å²) in [6.07, 6.45) is 0. The van der Waals surface area contributed by atoms with E-state index in [9.17, 15) is 4.79 Å². The first-order chi connectivity index (χ1) is 12.2. The number of benzene rings is 2. The summed E-state index contributed by atoms with van der Waals surface area (Å²) in [5.74, 6) is -0.171. The van der Waals surface area contributed by atoms with E-state index in [0.717, 1.165) is 27.6 Å². The first-order valence-electron chi connectivity index (χ1n) is 7.90. The molecule has 2 aromatic carbocycles. The van der Waals surface area contributed by atoms with Crippen molar-refractivity contribution in [3.05, 3.63) is 65.5 Å². The molecule has 0 spiro atoms. The van der Waals surface area contributed by atoms with E-state index in [4.69, 9.17) is 4.74 Å². The molecule has 1 heterocycles. The maximum atomic E-state index is 11.9. The molecule has 0 aliphatic carbocycles. The SMILES string of the molecule is CNc1nc(-c2ccc(NC(=O)COCc3ccccc3)cc2)cs1. The summed E-state index contributed by atoms with van der Waals surface area (Å²) in [4.78, 5) is 16.4. The second-order valence-electron chi connectivity index (χ2n) is 5.39. The zero-order chi connectivity index (χ0) is 17.5. The molecule has 0 saturated carbocycles. The van der Waals surface area contributed by atoms with Crippen LogP contribution in [0.4, 0.5) is 10.8 Å². The first-order valence-corrected chi connectivity index (χ1v) is 8.78. The van der Waals surface area contributed by atoms with E-state index in [1.165, 1.54) is 0 Å². The zero-order valence-corrected chi connectivity index (χ0v) is 14.7. The van der Waals surface area contributed by atoms with E-state index in [0.29, 0.717) is 6.61 Å². The highest BCUT2D eigenvalue weighted by Crippen LogP contribution is 2.25. The van der Waals surface area contributed by atoms with Gasteiger partial charge in [0.2, 0.25) is 5.91 Å². The Morgan fingerprint density at radius 3 is 2.56 bits per heavy atom. The molecule has 2 N–H and O–H groups in total. The standard InChI is InChI=1S/C19H19N3O2S/c1-20-19-22-17(13-25-19)15-7-9-16(10-8-15)21-18(23)12-24-11-14-5-3-2-4-6-14/h2-10,13H,11-12H2,1H3,(H,20,22)(H,21,23). The summed E-state index contributed by atoms with van der Waals surface area (Å²) in [5.41, 5.74) is 3.71. The van der Waals surface area contributed by atoms with Gasteiger partial charge in [-0.05, 0) is 17.7 Å². The maximum absolute atomic E-state index is 11.9. The molecule has 3 rings (SSSR count). The predicted octanol–water partition coefficient (Wildman–Crippen LogP) is 4.01. The predicted molar refractivity (Wildman–Crippen MR) is 102 cm³/mol. The quantitative estimate of drug-likeness (QED) is 0.674. The van der Waals surface area contributed by atoms with E-state index in [-0.39, 0.29) is 12.5 Å². The molecule has 128 valence electrons. The summed E-state index contributed by atoms with van der Waals surface area (Å²) in [6.45, 7) is 0.444. The number of hydrogen-bond acceptors (Lipinski definition) is 5. The van der Waals surface area contributed by atoms with Gasteiger partial charge in [-0.2, -0.15) is 0 Å². The molecule has 0 unspecified atom stereocenters. The van der Waals surface area contributed by atoms with Crippen molar-refractivity contribution in [3.8, 4) is 11.3 Å². The summed E-state index contributed by atoms with van der Waals surface area (Å²) >= 11 is 1.56. The number of amides is 1. The highest BCUT2D eigenvalue weighted by molar-refractivity contribution is 7.14. The van der Waals surface area contributed by atoms with Crippen LogP contribution >= 0.6 is 11.3 Å². The molecule has 0 radical (unpaired) electrons. The summed E-state index contributed by atoms with van der Waals surface area (Å²) in [7, 11) is 1.85. The Kier molecular flexibility index (Phi) is 5.77. The fraction of sp³-hybridized carbons (Fsp3) is 0.158. The van der Waals surface area contributed by atoms with E-state index in [1.807, 2.05) is 67.0 Å². The number of hydrogen-bond donors (Lipinski definition) is 2. The van der Waals surface area contributed by atoms with Crippen LogP contribution < -0.4 is 10.6 Å². The average molecular weight is 353 g/mol. The maximum Gasteiger partial charge on any atom is 0.250 e. The number of aromatic nitrogens is 1. The van der Waals surface area contributed by atoms with Gasteiger partial charge in [0.05, 0.1) is 12.3 Å². The number of carbonyl (C=O) groups excluding carboxylic acids is 1. The van der Waals surface area contributed by atoms with E-state index in [1.54, 1.807) is 11.3 Å². The van der Waals surface area contributed by atoms with Crippen molar-refractivity contribution in [1.82, 2.24) is 4.98 Å². The first kappa shape index (κ1) is 17.1. The lowest BCUT2D eigenvalue weighted by Crippen LogP contribution is -2.18. The molecule has 0 aliphatic heterocycles. The van der Waals surface area contributed by atoms with Gasteiger partial charge in [0, 0.05) is 23.7 Å². The molecule has 1 aromatic heterocycles. The summed E-state index contributed by atoms with van der Waals surface area (Å²) in [5, 5.41) is 8.73. The van der Waals surface area contributed by atoms with Crippen LogP contribution in [-0.4, -0.2) is 24.5 Å². The lowest BCUT2D eigenvalue weighted by molar-refractivity contribution is -0.121. The van der Waals surface area contributed by atoms with Gasteiger partial charge in [0.1, 0.15) is 6.61 Å². The second-order valence-corrected chi connectivity index (χ2v) is 6.25. The Morgan fingerprint density at radius 2 is 1.88 bits per heavy atom. The largest absolute Gasteiger partial charge is 0.367 e. The van der Waals surface area contributed by atoms with Crippen molar-refractivity contribution in [1.29, 1.82) is 0 Å². The minimum Gasteiger partial charge on any atom is -0.367 e. The van der Waals surface area contributed by atoms with Gasteiger partial charge in [-0.25, -0.2) is 4.98 Å². The molecule has 3 aromatic rings. The number of anilines is 2. The van der Waals surface area contributed by atoms with Gasteiger partial charge in [-0.1, -0.05) is 42.5 Å². The third-order valence-corrected chi connectivity index (χ3v) is 4.39. The number of thiazole rings is 1. The zero-order valence-electron chi connectivity index (χ0n) is 13.9. The van der Waals surface area contributed by atoms with Crippen molar-refractivity contribution < 1.29 is 9.53 Å². The van der Waals surface area contributed by atoms with Crippen LogP contribution in [0, 0.1) is 0 Å². The van der Waals surface area contributed by atoms with E-state index in [2.05, 4.69) is 15.6 Å². The van der Waals surface area contributed by atoms with Crippen LogP contribution in [0.15, 0.2) is 60.0 Å². The summed E-state index contributed by atoms with van der Waals surface area (Å²) in [6, 6.07) is 17.4. The molecule has 5 nitrogen and oxygen atoms in total. The highest BCUT2D eigenvalue weighted by Gasteiger charge is 2.06. The molecule has 6 heteroatoms. The average Bonchev–Trinajstić information content (AvgIpc) is 3.12. The Balaban J connectivity index is 1.50. The smallest absolute Gasteiger partial charge is 0.250 e. The minimum atomic E-state index is -0.171. The molecule has 0 atom stereocenters. The molecule has 1 amide bonds. The second kappa shape index (κ2) is 8.41. The van der Waals surface area contributed by atoms with Gasteiger partial charge in [-0.3, -0.25) is 4.79 Å². The third kappa shape index (κ3) is 4.89. The normalized spacial score (nSPS) is 10.4. The molecule has 0 aliphatic rings. The minimum absolute atomic E-state index is 0.0221. The third-order valence-electron chi connectivity index (χ3n) is 3.53. The van der Waals surface area contributed by atoms with Gasteiger partial charge in [0.25, 0.3) is 0 Å². The number of rotatable bonds is 7. The number of carbonyl (C=O) groups is 1. The number of ether oxygens (including phenoxy) is 1. The van der Waals surface area contributed by atoms with Crippen molar-refractivity contribution in [2.24, 2.45) is 0 Å². The number of nitrogens with one attached hydrogen (secondary N) is 2. The van der Waals surface area contributed by atoms with Crippen LogP contribution in [-0.2, 0) is 16.1 Å². The van der Waals surface area contributed by atoms with Crippen LogP contribution in [0.1, 0.15) is 5.56 Å². The van der Waals surface area contributed by atoms with Crippen LogP contribution in [0.25, 0.3) is 11.3 Å². The van der Waals surface area contributed by atoms with Gasteiger partial charge in [-0.15, -0.1) is 11.3 Å². The molecule has 0 bridgehead atoms. The molecule has 0 fully saturated rings. The Morgan fingerprint density at radius 1 is 1.12 bits per heavy atom. The molecular formula is C19H19N3O2S. The fourth-order valence-corrected chi connectivity index (χ4v) is 2.96. The molecular weight excluding hydrogens is 334 g/mol. The monoisotopic (exact) mass is 353 g/mol. The van der Waals surface area contributed by atoms with E-state index < -0.39 is 0 Å². The van der Waals surface area contributed by atoms with Crippen LogP contribution in [0.2, 0.25) is 0 Å². The van der Waals surface area contributed by atoms with Crippen LogP contribution in [0.5, 0.6) is 0 Å². The Hall–Kier alpha value is -2.70. The fourth-order valence-electron chi connectivity index (χ4n) is 2.28. The highest BCUT2D eigenvalue weighted by atomic mass is 32.1. The van der Waals surface area contributed by atoms with Gasteiger partial charge >= 0.3 is 0 Å². The van der Waals surface area contributed by atoms with Crippen LogP contribution in [0.3, 0.4) is 0 Å². The lowest BCUT2D eigenvalue weighted by atomic mass is 10.1. The topological polar surface area (TPSA) is 63.2 Å². The number of nitrogens with zero attached hydrogens (tertiary/aromatic N) is 1. The Labute approximate surface area is 150 Å². The van der Waals surface area contributed by atoms with Crippen molar-refractivity contribution in [2.75, 3.05) is 24.3 Å². The summed E-state index contributed by atoms with van der Waals surface area (Å²) < 4.78 is 5.43. The van der Waals surface area contributed by atoms with Crippen molar-refractivity contribution in [2.45, 2.75) is 6.61 Å². The van der Waals surface area contributed by atoms with Crippen molar-refractivity contribution >= 4 is 28.1 Å². The van der Waals surface area contributed by atoms with Gasteiger partial charge in [0.15, 0.2) is 5.13 Å².